The normalized spacial score (nSPS) is 11.0. The van der Waals surface area contributed by atoms with E-state index in [1.165, 1.54) is 17.0 Å². The molecule has 0 atom stereocenters. The number of fused-ring (bicyclic) bond motifs is 1. The minimum absolute atomic E-state index is 0.247. The van der Waals surface area contributed by atoms with Gasteiger partial charge in [-0.1, -0.05) is 12.1 Å². The molecule has 176 valence electrons. The summed E-state index contributed by atoms with van der Waals surface area (Å²) in [6.07, 6.45) is 1.39. The van der Waals surface area contributed by atoms with Gasteiger partial charge in [0.05, 0.1) is 7.11 Å². The fraction of sp³-hybridized carbons (Fsp3) is 0.222. The second kappa shape index (κ2) is 9.95. The molecular weight excluding hydrogens is 438 g/mol. The van der Waals surface area contributed by atoms with Crippen molar-refractivity contribution < 1.29 is 23.0 Å². The minimum Gasteiger partial charge on any atom is -0.497 e. The third-order valence-corrected chi connectivity index (χ3v) is 5.80. The van der Waals surface area contributed by atoms with Crippen LogP contribution in [0, 0.1) is 11.6 Å². The van der Waals surface area contributed by atoms with Gasteiger partial charge in [-0.05, 0) is 67.4 Å². The molecule has 1 heterocycles. The summed E-state index contributed by atoms with van der Waals surface area (Å²) < 4.78 is 41.2. The largest absolute Gasteiger partial charge is 0.497 e. The topological polar surface area (TPSA) is 43.7 Å². The van der Waals surface area contributed by atoms with E-state index in [4.69, 9.17) is 9.47 Å². The van der Waals surface area contributed by atoms with Crippen LogP contribution in [-0.2, 0) is 6.54 Å². The SMILES string of the molecule is CCN(CC)C(=O)Oc1ccc2c(ccn2Cc2ccc(OC)cc2)c1-c1cc(F)cc(F)c1. The van der Waals surface area contributed by atoms with Crippen molar-refractivity contribution in [1.82, 2.24) is 9.47 Å². The van der Waals surface area contributed by atoms with Crippen molar-refractivity contribution >= 4 is 17.0 Å². The highest BCUT2D eigenvalue weighted by atomic mass is 19.1. The standard InChI is InChI=1S/C27H26F2N2O3/c1-4-30(5-2)27(32)34-25-11-10-24-23(26(25)19-14-20(28)16-21(29)15-19)12-13-31(24)17-18-6-8-22(33-3)9-7-18/h6-16H,4-5,17H2,1-3H3. The summed E-state index contributed by atoms with van der Waals surface area (Å²) in [5.74, 6) is -0.385. The van der Waals surface area contributed by atoms with Gasteiger partial charge in [0.25, 0.3) is 0 Å². The zero-order valence-electron chi connectivity index (χ0n) is 19.3. The zero-order valence-corrected chi connectivity index (χ0v) is 19.3. The van der Waals surface area contributed by atoms with Gasteiger partial charge in [-0.2, -0.15) is 0 Å². The van der Waals surface area contributed by atoms with E-state index in [2.05, 4.69) is 0 Å². The molecule has 0 bridgehead atoms. The zero-order chi connectivity index (χ0) is 24.2. The number of carbonyl (C=O) groups is 1. The molecule has 0 saturated heterocycles. The number of hydrogen-bond acceptors (Lipinski definition) is 3. The maximum atomic E-state index is 14.1. The van der Waals surface area contributed by atoms with Gasteiger partial charge in [0.15, 0.2) is 0 Å². The number of methoxy groups -OCH3 is 1. The molecule has 0 aliphatic carbocycles. The first-order chi connectivity index (χ1) is 16.4. The predicted octanol–water partition coefficient (Wildman–Crippen LogP) is 6.48. The second-order valence-corrected chi connectivity index (χ2v) is 7.86. The van der Waals surface area contributed by atoms with E-state index in [0.29, 0.717) is 30.8 Å². The molecule has 0 N–H and O–H groups in total. The number of halogens is 2. The van der Waals surface area contributed by atoms with Gasteiger partial charge in [0.1, 0.15) is 23.1 Å². The van der Waals surface area contributed by atoms with Crippen LogP contribution in [0.5, 0.6) is 11.5 Å². The Labute approximate surface area is 197 Å². The van der Waals surface area contributed by atoms with E-state index in [0.717, 1.165) is 28.3 Å². The van der Waals surface area contributed by atoms with Gasteiger partial charge in [0, 0.05) is 48.4 Å². The van der Waals surface area contributed by atoms with E-state index < -0.39 is 17.7 Å². The summed E-state index contributed by atoms with van der Waals surface area (Å²) in [6, 6.07) is 16.4. The van der Waals surface area contributed by atoms with Crippen LogP contribution in [0.2, 0.25) is 0 Å². The van der Waals surface area contributed by atoms with Crippen LogP contribution in [0.1, 0.15) is 19.4 Å². The van der Waals surface area contributed by atoms with Crippen LogP contribution in [0.4, 0.5) is 13.6 Å². The van der Waals surface area contributed by atoms with Gasteiger partial charge in [-0.3, -0.25) is 0 Å². The molecule has 0 aliphatic heterocycles. The highest BCUT2D eigenvalue weighted by Crippen LogP contribution is 2.39. The molecule has 4 aromatic rings. The Kier molecular flexibility index (Phi) is 6.82. The number of benzene rings is 3. The molecule has 0 radical (unpaired) electrons. The fourth-order valence-electron chi connectivity index (χ4n) is 4.04. The lowest BCUT2D eigenvalue weighted by Crippen LogP contribution is -2.33. The smallest absolute Gasteiger partial charge is 0.415 e. The number of nitrogens with zero attached hydrogens (tertiary/aromatic N) is 2. The number of aromatic nitrogens is 1. The van der Waals surface area contributed by atoms with Gasteiger partial charge in [0.2, 0.25) is 0 Å². The van der Waals surface area contributed by atoms with Crippen molar-refractivity contribution in [1.29, 1.82) is 0 Å². The number of hydrogen-bond donors (Lipinski definition) is 0. The Morgan fingerprint density at radius 1 is 0.941 bits per heavy atom. The highest BCUT2D eigenvalue weighted by Gasteiger charge is 2.20. The van der Waals surface area contributed by atoms with Crippen LogP contribution < -0.4 is 9.47 Å². The molecule has 0 spiro atoms. The Hall–Kier alpha value is -3.87. The molecule has 0 saturated carbocycles. The summed E-state index contributed by atoms with van der Waals surface area (Å²) in [5.41, 5.74) is 2.67. The highest BCUT2D eigenvalue weighted by molar-refractivity contribution is 5.99. The van der Waals surface area contributed by atoms with Crippen molar-refractivity contribution in [3.05, 3.63) is 84.1 Å². The molecule has 0 fully saturated rings. The summed E-state index contributed by atoms with van der Waals surface area (Å²) in [6.45, 7) is 5.27. The average molecular weight is 465 g/mol. The average Bonchev–Trinajstić information content (AvgIpc) is 3.22. The lowest BCUT2D eigenvalue weighted by molar-refractivity contribution is 0.157. The van der Waals surface area contributed by atoms with Crippen LogP contribution in [0.3, 0.4) is 0 Å². The van der Waals surface area contributed by atoms with E-state index in [9.17, 15) is 13.6 Å². The van der Waals surface area contributed by atoms with Crippen LogP contribution in [-0.4, -0.2) is 35.8 Å². The molecule has 7 heteroatoms. The first kappa shape index (κ1) is 23.3. The Balaban J connectivity index is 1.81. The van der Waals surface area contributed by atoms with E-state index >= 15 is 0 Å². The molecule has 1 amide bonds. The molecule has 0 aliphatic rings. The first-order valence-corrected chi connectivity index (χ1v) is 11.1. The summed E-state index contributed by atoms with van der Waals surface area (Å²) >= 11 is 0. The predicted molar refractivity (Wildman–Crippen MR) is 128 cm³/mol. The number of carbonyl (C=O) groups excluding carboxylic acids is 1. The van der Waals surface area contributed by atoms with Crippen LogP contribution in [0.15, 0.2) is 66.9 Å². The Morgan fingerprint density at radius 2 is 1.62 bits per heavy atom. The third-order valence-electron chi connectivity index (χ3n) is 5.80. The number of rotatable bonds is 7. The maximum Gasteiger partial charge on any atom is 0.415 e. The van der Waals surface area contributed by atoms with Gasteiger partial charge < -0.3 is 18.9 Å². The number of ether oxygens (including phenoxy) is 2. The van der Waals surface area contributed by atoms with Gasteiger partial charge in [-0.15, -0.1) is 0 Å². The number of amides is 1. The van der Waals surface area contributed by atoms with Crippen LogP contribution >= 0.6 is 0 Å². The van der Waals surface area contributed by atoms with E-state index in [1.54, 1.807) is 13.2 Å². The first-order valence-electron chi connectivity index (χ1n) is 11.1. The monoisotopic (exact) mass is 464 g/mol. The Morgan fingerprint density at radius 3 is 2.24 bits per heavy atom. The minimum atomic E-state index is -0.703. The lowest BCUT2D eigenvalue weighted by atomic mass is 10.00. The summed E-state index contributed by atoms with van der Waals surface area (Å²) in [4.78, 5) is 14.2. The maximum absolute atomic E-state index is 14.1. The van der Waals surface area contributed by atoms with Crippen molar-refractivity contribution in [2.75, 3.05) is 20.2 Å². The summed E-state index contributed by atoms with van der Waals surface area (Å²) in [7, 11) is 1.62. The van der Waals surface area contributed by atoms with Crippen molar-refractivity contribution in [2.45, 2.75) is 20.4 Å². The van der Waals surface area contributed by atoms with Gasteiger partial charge in [-0.25, -0.2) is 13.6 Å². The third kappa shape index (κ3) is 4.73. The lowest BCUT2D eigenvalue weighted by Gasteiger charge is -2.20. The molecule has 3 aromatic carbocycles. The Bertz CT molecular complexity index is 1290. The molecule has 34 heavy (non-hydrogen) atoms. The van der Waals surface area contributed by atoms with Crippen LogP contribution in [0.25, 0.3) is 22.0 Å². The van der Waals surface area contributed by atoms with Crippen molar-refractivity contribution in [3.63, 3.8) is 0 Å². The molecule has 4 rings (SSSR count). The molecule has 0 unspecified atom stereocenters. The van der Waals surface area contributed by atoms with E-state index in [-0.39, 0.29) is 5.75 Å². The molecular formula is C27H26F2N2O3. The second-order valence-electron chi connectivity index (χ2n) is 7.86. The van der Waals surface area contributed by atoms with Gasteiger partial charge >= 0.3 is 6.09 Å². The molecule has 1 aromatic heterocycles. The van der Waals surface area contributed by atoms with E-state index in [1.807, 2.05) is 61.0 Å². The van der Waals surface area contributed by atoms with Crippen molar-refractivity contribution in [3.8, 4) is 22.6 Å². The molecule has 5 nitrogen and oxygen atoms in total. The summed E-state index contributed by atoms with van der Waals surface area (Å²) in [5, 5.41) is 0.725. The van der Waals surface area contributed by atoms with Crippen molar-refractivity contribution in [2.24, 2.45) is 0 Å². The quantitative estimate of drug-likeness (QED) is 0.314. The fourth-order valence-corrected chi connectivity index (χ4v) is 4.04.